The van der Waals surface area contributed by atoms with Crippen molar-refractivity contribution < 1.29 is 0 Å². The van der Waals surface area contributed by atoms with Crippen LogP contribution >= 0.6 is 0 Å². The third-order valence-corrected chi connectivity index (χ3v) is 2.91. The molecule has 0 saturated heterocycles. The molecule has 0 radical (unpaired) electrons. The van der Waals surface area contributed by atoms with Crippen LogP contribution in [-0.4, -0.2) is 0 Å². The predicted molar refractivity (Wildman–Crippen MR) is 71.7 cm³/mol. The monoisotopic (exact) mass is 214 g/mol. The fraction of sp³-hybridized carbons (Fsp3) is 0.500. The number of aryl methyl sites for hydroxylation is 2. The zero-order valence-electron chi connectivity index (χ0n) is 11.1. The summed E-state index contributed by atoms with van der Waals surface area (Å²) in [5, 5.41) is 0. The van der Waals surface area contributed by atoms with Crippen molar-refractivity contribution in [2.24, 2.45) is 0 Å². The molecule has 16 heavy (non-hydrogen) atoms. The van der Waals surface area contributed by atoms with Crippen LogP contribution < -0.4 is 0 Å². The average Bonchev–Trinajstić information content (AvgIpc) is 2.19. The molecule has 0 aliphatic rings. The molecule has 0 nitrogen and oxygen atoms in total. The Bertz CT molecular complexity index is 408. The third-order valence-electron chi connectivity index (χ3n) is 2.91. The molecular formula is C16H22. The van der Waals surface area contributed by atoms with Gasteiger partial charge in [0.05, 0.1) is 0 Å². The average molecular weight is 214 g/mol. The Morgan fingerprint density at radius 2 is 1.88 bits per heavy atom. The van der Waals surface area contributed by atoms with Crippen molar-refractivity contribution in [2.45, 2.75) is 52.9 Å². The Balaban J connectivity index is 2.93. The van der Waals surface area contributed by atoms with Gasteiger partial charge in [-0.15, -0.1) is 11.8 Å². The first-order chi connectivity index (χ1) is 7.45. The summed E-state index contributed by atoms with van der Waals surface area (Å²) in [4.78, 5) is 0. The predicted octanol–water partition coefficient (Wildman–Crippen LogP) is 4.25. The van der Waals surface area contributed by atoms with Crippen LogP contribution in [0.15, 0.2) is 18.2 Å². The van der Waals surface area contributed by atoms with Gasteiger partial charge < -0.3 is 0 Å². The molecule has 0 aliphatic heterocycles. The summed E-state index contributed by atoms with van der Waals surface area (Å²) in [6.45, 7) is 10.9. The van der Waals surface area contributed by atoms with Crippen molar-refractivity contribution in [1.82, 2.24) is 0 Å². The van der Waals surface area contributed by atoms with E-state index < -0.39 is 0 Å². The van der Waals surface area contributed by atoms with E-state index in [9.17, 15) is 0 Å². The number of hydrogen-bond acceptors (Lipinski definition) is 0. The lowest BCUT2D eigenvalue weighted by Crippen LogP contribution is -2.11. The van der Waals surface area contributed by atoms with E-state index in [1.165, 1.54) is 16.7 Å². The quantitative estimate of drug-likeness (QED) is 0.646. The van der Waals surface area contributed by atoms with E-state index in [0.717, 1.165) is 12.8 Å². The van der Waals surface area contributed by atoms with Crippen LogP contribution in [0.3, 0.4) is 0 Å². The van der Waals surface area contributed by atoms with Gasteiger partial charge in [-0.25, -0.2) is 0 Å². The highest BCUT2D eigenvalue weighted by Crippen LogP contribution is 2.24. The van der Waals surface area contributed by atoms with Crippen LogP contribution in [-0.2, 0) is 11.8 Å². The summed E-state index contributed by atoms with van der Waals surface area (Å²) in [7, 11) is 0. The molecule has 0 amide bonds. The van der Waals surface area contributed by atoms with Gasteiger partial charge in [-0.2, -0.15) is 0 Å². The normalized spacial score (nSPS) is 10.8. The van der Waals surface area contributed by atoms with Gasteiger partial charge >= 0.3 is 0 Å². The van der Waals surface area contributed by atoms with E-state index >= 15 is 0 Å². The smallest absolute Gasteiger partial charge is 0.0129 e. The molecule has 0 saturated carbocycles. The van der Waals surface area contributed by atoms with Gasteiger partial charge in [0.25, 0.3) is 0 Å². The van der Waals surface area contributed by atoms with Crippen molar-refractivity contribution in [3.05, 3.63) is 34.9 Å². The van der Waals surface area contributed by atoms with Crippen LogP contribution in [0.25, 0.3) is 0 Å². The van der Waals surface area contributed by atoms with E-state index in [1.807, 2.05) is 6.92 Å². The first kappa shape index (κ1) is 12.8. The van der Waals surface area contributed by atoms with Gasteiger partial charge in [0.15, 0.2) is 0 Å². The van der Waals surface area contributed by atoms with Gasteiger partial charge in [0.1, 0.15) is 0 Å². The Labute approximate surface area is 100 Å². The second-order valence-electron chi connectivity index (χ2n) is 5.32. The van der Waals surface area contributed by atoms with Crippen LogP contribution in [0.5, 0.6) is 0 Å². The lowest BCUT2D eigenvalue weighted by Gasteiger charge is -2.20. The molecule has 0 spiro atoms. The first-order valence-corrected chi connectivity index (χ1v) is 5.95. The molecule has 0 fully saturated rings. The first-order valence-electron chi connectivity index (χ1n) is 5.95. The molecule has 0 aliphatic carbocycles. The standard InChI is InChI=1S/C16H22/c1-6-7-8-9-14-12-15(16(3,4)5)11-10-13(14)2/h10-12H,8-9H2,1-5H3. The van der Waals surface area contributed by atoms with Crippen molar-refractivity contribution in [2.75, 3.05) is 0 Å². The SMILES string of the molecule is CC#CCCc1cc(C(C)(C)C)ccc1C. The van der Waals surface area contributed by atoms with Crippen molar-refractivity contribution >= 4 is 0 Å². The molecule has 0 atom stereocenters. The van der Waals surface area contributed by atoms with Crippen LogP contribution in [0.2, 0.25) is 0 Å². The molecule has 0 aromatic heterocycles. The van der Waals surface area contributed by atoms with Gasteiger partial charge in [-0.05, 0) is 42.4 Å². The molecule has 0 heteroatoms. The largest absolute Gasteiger partial charge is 0.107 e. The van der Waals surface area contributed by atoms with Gasteiger partial charge in [-0.1, -0.05) is 39.0 Å². The van der Waals surface area contributed by atoms with Crippen LogP contribution in [0.4, 0.5) is 0 Å². The van der Waals surface area contributed by atoms with Gasteiger partial charge in [0.2, 0.25) is 0 Å². The van der Waals surface area contributed by atoms with E-state index in [-0.39, 0.29) is 5.41 Å². The van der Waals surface area contributed by atoms with Crippen LogP contribution in [0, 0.1) is 18.8 Å². The zero-order valence-corrected chi connectivity index (χ0v) is 11.1. The summed E-state index contributed by atoms with van der Waals surface area (Å²) in [5.41, 5.74) is 4.47. The maximum atomic E-state index is 3.13. The Morgan fingerprint density at radius 3 is 2.44 bits per heavy atom. The lowest BCUT2D eigenvalue weighted by atomic mass is 9.85. The molecule has 86 valence electrons. The van der Waals surface area contributed by atoms with E-state index in [0.29, 0.717) is 0 Å². The van der Waals surface area contributed by atoms with Crippen LogP contribution in [0.1, 0.15) is 50.8 Å². The Kier molecular flexibility index (Phi) is 4.19. The second kappa shape index (κ2) is 5.21. The number of rotatable bonds is 2. The zero-order chi connectivity index (χ0) is 12.2. The maximum absolute atomic E-state index is 3.13. The van der Waals surface area contributed by atoms with Gasteiger partial charge in [0, 0.05) is 6.42 Å². The Morgan fingerprint density at radius 1 is 1.19 bits per heavy atom. The molecule has 1 rings (SSSR count). The molecule has 0 heterocycles. The van der Waals surface area contributed by atoms with E-state index in [2.05, 4.69) is 57.7 Å². The molecule has 0 N–H and O–H groups in total. The Hall–Kier alpha value is -1.22. The minimum Gasteiger partial charge on any atom is -0.107 e. The number of hydrogen-bond donors (Lipinski definition) is 0. The summed E-state index contributed by atoms with van der Waals surface area (Å²) < 4.78 is 0. The summed E-state index contributed by atoms with van der Waals surface area (Å²) in [6, 6.07) is 6.81. The van der Waals surface area contributed by atoms with Gasteiger partial charge in [-0.3, -0.25) is 0 Å². The molecule has 0 unspecified atom stereocenters. The third kappa shape index (κ3) is 3.42. The molecular weight excluding hydrogens is 192 g/mol. The van der Waals surface area contributed by atoms with E-state index in [1.54, 1.807) is 0 Å². The minimum atomic E-state index is 0.235. The summed E-state index contributed by atoms with van der Waals surface area (Å²) in [5.74, 6) is 6.08. The molecule has 1 aromatic rings. The maximum Gasteiger partial charge on any atom is 0.0129 e. The fourth-order valence-electron chi connectivity index (χ4n) is 1.73. The topological polar surface area (TPSA) is 0 Å². The highest BCUT2D eigenvalue weighted by molar-refractivity contribution is 5.35. The lowest BCUT2D eigenvalue weighted by molar-refractivity contribution is 0.589. The molecule has 1 aromatic carbocycles. The summed E-state index contributed by atoms with van der Waals surface area (Å²) >= 11 is 0. The van der Waals surface area contributed by atoms with Crippen molar-refractivity contribution in [3.8, 4) is 11.8 Å². The second-order valence-corrected chi connectivity index (χ2v) is 5.32. The fourth-order valence-corrected chi connectivity index (χ4v) is 1.73. The van der Waals surface area contributed by atoms with Crippen molar-refractivity contribution in [1.29, 1.82) is 0 Å². The highest BCUT2D eigenvalue weighted by Gasteiger charge is 2.14. The van der Waals surface area contributed by atoms with Crippen molar-refractivity contribution in [3.63, 3.8) is 0 Å². The number of benzene rings is 1. The summed E-state index contributed by atoms with van der Waals surface area (Å²) in [6.07, 6.45) is 2.03. The van der Waals surface area contributed by atoms with E-state index in [4.69, 9.17) is 0 Å². The minimum absolute atomic E-state index is 0.235. The highest BCUT2D eigenvalue weighted by atomic mass is 14.2. The molecule has 0 bridgehead atoms.